The Labute approximate surface area is 175 Å². The molecule has 154 valence electrons. The van der Waals surface area contributed by atoms with Crippen molar-refractivity contribution in [2.45, 2.75) is 62.9 Å². The van der Waals surface area contributed by atoms with Gasteiger partial charge in [-0.3, -0.25) is 4.79 Å². The number of benzene rings is 1. The van der Waals surface area contributed by atoms with Crippen LogP contribution in [0.25, 0.3) is 5.57 Å². The van der Waals surface area contributed by atoms with Crippen molar-refractivity contribution in [3.63, 3.8) is 0 Å². The van der Waals surface area contributed by atoms with Gasteiger partial charge in [0.1, 0.15) is 23.2 Å². The molecule has 3 aliphatic rings. The molecular formula is C23H28O5Si. The standard InChI is InChI=1S/C23H28O5Si/c1-22(2,3)29-28-20-7-6-10-23-16(12-18(24)21(27-23)13-17(20)23)15-11-14(25-4)8-9-19(15)26-5/h8-9,11-13,20-21H,6-7,10H2,1-5H3. The number of rotatable bonds is 5. The van der Waals surface area contributed by atoms with Crippen LogP contribution in [0.5, 0.6) is 11.5 Å². The molecule has 0 saturated heterocycles. The minimum absolute atomic E-state index is 0.0304. The molecule has 1 saturated carbocycles. The molecule has 29 heavy (non-hydrogen) atoms. The van der Waals surface area contributed by atoms with Crippen molar-refractivity contribution in [1.82, 2.24) is 0 Å². The van der Waals surface area contributed by atoms with Crippen molar-refractivity contribution in [3.8, 4) is 11.5 Å². The van der Waals surface area contributed by atoms with Crippen LogP contribution in [0.4, 0.5) is 0 Å². The van der Waals surface area contributed by atoms with Crippen molar-refractivity contribution < 1.29 is 23.4 Å². The van der Waals surface area contributed by atoms with Gasteiger partial charge in [-0.25, -0.2) is 0 Å². The maximum Gasteiger partial charge on any atom is 0.236 e. The molecule has 3 atom stereocenters. The number of ether oxygens (including phenoxy) is 3. The first kappa shape index (κ1) is 20.4. The lowest BCUT2D eigenvalue weighted by Crippen LogP contribution is -2.46. The molecule has 1 aromatic carbocycles. The van der Waals surface area contributed by atoms with Crippen molar-refractivity contribution >= 4 is 21.1 Å². The summed E-state index contributed by atoms with van der Waals surface area (Å²) in [6.07, 6.45) is 5.93. The van der Waals surface area contributed by atoms with E-state index in [1.807, 2.05) is 24.3 Å². The van der Waals surface area contributed by atoms with Crippen LogP contribution in [0, 0.1) is 0 Å². The van der Waals surface area contributed by atoms with E-state index in [1.54, 1.807) is 20.3 Å². The molecule has 1 fully saturated rings. The summed E-state index contributed by atoms with van der Waals surface area (Å²) < 4.78 is 23.8. The van der Waals surface area contributed by atoms with Crippen molar-refractivity contribution in [2.75, 3.05) is 14.2 Å². The average molecular weight is 413 g/mol. The highest BCUT2D eigenvalue weighted by Gasteiger charge is 2.55. The zero-order valence-electron chi connectivity index (χ0n) is 17.7. The number of carbonyl (C=O) groups is 1. The van der Waals surface area contributed by atoms with Gasteiger partial charge in [-0.15, -0.1) is 0 Å². The highest BCUT2D eigenvalue weighted by molar-refractivity contribution is 6.31. The second-order valence-corrected chi connectivity index (χ2v) is 10.8. The van der Waals surface area contributed by atoms with Crippen LogP contribution in [-0.4, -0.2) is 47.6 Å². The van der Waals surface area contributed by atoms with Gasteiger partial charge in [0.05, 0.1) is 20.3 Å². The Hall–Kier alpha value is -1.89. The monoisotopic (exact) mass is 412 g/mol. The molecule has 3 unspecified atom stereocenters. The van der Waals surface area contributed by atoms with Gasteiger partial charge >= 0.3 is 0 Å². The van der Waals surface area contributed by atoms with E-state index in [-0.39, 0.29) is 16.9 Å². The molecule has 2 bridgehead atoms. The molecule has 2 aliphatic heterocycles. The Balaban J connectivity index is 1.78. The summed E-state index contributed by atoms with van der Waals surface area (Å²) in [5.41, 5.74) is 2.15. The maximum atomic E-state index is 12.8. The molecule has 2 radical (unpaired) electrons. The Bertz CT molecular complexity index is 882. The van der Waals surface area contributed by atoms with Gasteiger partial charge in [0.15, 0.2) is 5.78 Å². The molecule has 5 nitrogen and oxygen atoms in total. The Morgan fingerprint density at radius 2 is 2.00 bits per heavy atom. The third kappa shape index (κ3) is 3.58. The minimum atomic E-state index is -0.635. The molecule has 0 amide bonds. The zero-order chi connectivity index (χ0) is 20.8. The van der Waals surface area contributed by atoms with Gasteiger partial charge < -0.3 is 18.6 Å². The fourth-order valence-electron chi connectivity index (χ4n) is 4.40. The van der Waals surface area contributed by atoms with E-state index in [4.69, 9.17) is 18.6 Å². The van der Waals surface area contributed by atoms with Crippen LogP contribution >= 0.6 is 0 Å². The summed E-state index contributed by atoms with van der Waals surface area (Å²) in [6, 6.07) is 5.66. The Morgan fingerprint density at radius 1 is 1.21 bits per heavy atom. The van der Waals surface area contributed by atoms with Gasteiger partial charge in [-0.1, -0.05) is 20.8 Å². The summed E-state index contributed by atoms with van der Waals surface area (Å²) in [7, 11) is 3.66. The molecule has 0 N–H and O–H groups in total. The molecule has 1 aliphatic carbocycles. The van der Waals surface area contributed by atoms with Crippen LogP contribution in [-0.2, 0) is 14.0 Å². The van der Waals surface area contributed by atoms with Gasteiger partial charge in [0.25, 0.3) is 0 Å². The predicted octanol–water partition coefficient (Wildman–Crippen LogP) is 4.14. The van der Waals surface area contributed by atoms with Crippen LogP contribution in [0.2, 0.25) is 5.04 Å². The quantitative estimate of drug-likeness (QED) is 0.537. The van der Waals surface area contributed by atoms with E-state index in [9.17, 15) is 4.79 Å². The van der Waals surface area contributed by atoms with E-state index in [0.29, 0.717) is 21.3 Å². The lowest BCUT2D eigenvalue weighted by atomic mass is 9.72. The molecule has 2 heterocycles. The molecule has 4 rings (SSSR count). The molecule has 0 aromatic heterocycles. The van der Waals surface area contributed by atoms with Crippen molar-refractivity contribution in [2.24, 2.45) is 0 Å². The van der Waals surface area contributed by atoms with E-state index in [2.05, 4.69) is 20.8 Å². The Morgan fingerprint density at radius 3 is 2.69 bits per heavy atom. The first-order chi connectivity index (χ1) is 13.8. The second kappa shape index (κ2) is 7.42. The van der Waals surface area contributed by atoms with E-state index >= 15 is 0 Å². The maximum absolute atomic E-state index is 12.8. The third-order valence-corrected chi connectivity index (χ3v) is 6.69. The summed E-state index contributed by atoms with van der Waals surface area (Å²) in [5, 5.41) is 0.101. The Kier molecular flexibility index (Phi) is 5.21. The predicted molar refractivity (Wildman–Crippen MR) is 112 cm³/mol. The van der Waals surface area contributed by atoms with E-state index in [0.717, 1.165) is 36.0 Å². The third-order valence-electron chi connectivity index (χ3n) is 5.67. The number of methoxy groups -OCH3 is 2. The zero-order valence-corrected chi connectivity index (χ0v) is 18.7. The minimum Gasteiger partial charge on any atom is -0.497 e. The SMILES string of the molecule is COc1ccc(OC)c(C2=CC(=O)C3C=C4C(O[Si]C(C)(C)C)CCCC24O3)c1. The van der Waals surface area contributed by atoms with Crippen LogP contribution in [0.15, 0.2) is 35.9 Å². The summed E-state index contributed by atoms with van der Waals surface area (Å²) in [4.78, 5) is 12.8. The molecule has 6 heteroatoms. The lowest BCUT2D eigenvalue weighted by Gasteiger charge is -2.44. The van der Waals surface area contributed by atoms with Crippen LogP contribution in [0.3, 0.4) is 0 Å². The number of hydrogen-bond donors (Lipinski definition) is 0. The van der Waals surface area contributed by atoms with Gasteiger partial charge in [0, 0.05) is 11.1 Å². The van der Waals surface area contributed by atoms with Crippen LogP contribution < -0.4 is 9.47 Å². The van der Waals surface area contributed by atoms with E-state index in [1.165, 1.54) is 0 Å². The smallest absolute Gasteiger partial charge is 0.236 e. The fourth-order valence-corrected chi connectivity index (χ4v) is 5.14. The van der Waals surface area contributed by atoms with Gasteiger partial charge in [0.2, 0.25) is 9.76 Å². The lowest BCUT2D eigenvalue weighted by molar-refractivity contribution is -0.128. The number of fused-ring (bicyclic) bond motifs is 1. The average Bonchev–Trinajstić information content (AvgIpc) is 3.05. The number of ketones is 1. The number of carbonyl (C=O) groups excluding carboxylic acids is 1. The second-order valence-electron chi connectivity index (χ2n) is 8.86. The molecular weight excluding hydrogens is 384 g/mol. The largest absolute Gasteiger partial charge is 0.497 e. The van der Waals surface area contributed by atoms with Gasteiger partial charge in [-0.2, -0.15) is 0 Å². The van der Waals surface area contributed by atoms with Crippen LogP contribution in [0.1, 0.15) is 45.6 Å². The molecule has 1 aromatic rings. The highest BCUT2D eigenvalue weighted by atomic mass is 28.2. The van der Waals surface area contributed by atoms with Gasteiger partial charge in [-0.05, 0) is 60.2 Å². The summed E-state index contributed by atoms with van der Waals surface area (Å²) in [5.74, 6) is 1.38. The number of hydrogen-bond acceptors (Lipinski definition) is 5. The normalized spacial score (nSPS) is 28.5. The first-order valence-electron chi connectivity index (χ1n) is 10.1. The van der Waals surface area contributed by atoms with Crippen molar-refractivity contribution in [1.29, 1.82) is 0 Å². The topological polar surface area (TPSA) is 54.0 Å². The van der Waals surface area contributed by atoms with Crippen molar-refractivity contribution in [3.05, 3.63) is 41.5 Å². The summed E-state index contributed by atoms with van der Waals surface area (Å²) in [6.45, 7) is 6.54. The first-order valence-corrected chi connectivity index (χ1v) is 11.0. The molecule has 1 spiro atoms. The fraction of sp³-hybridized carbons (Fsp3) is 0.522. The van der Waals surface area contributed by atoms with E-state index < -0.39 is 11.7 Å². The highest BCUT2D eigenvalue weighted by Crippen LogP contribution is 2.54. The summed E-state index contributed by atoms with van der Waals surface area (Å²) >= 11 is 0.